The van der Waals surface area contributed by atoms with Crippen LogP contribution in [0.5, 0.6) is 0 Å². The number of aromatic nitrogens is 2. The topological polar surface area (TPSA) is 40.7 Å². The number of fused-ring (bicyclic) bond motifs is 2. The second kappa shape index (κ2) is 3.57. The van der Waals surface area contributed by atoms with Crippen LogP contribution in [-0.4, -0.2) is 16.0 Å². The lowest BCUT2D eigenvalue weighted by molar-refractivity contribution is 0.516. The van der Waals surface area contributed by atoms with Crippen molar-refractivity contribution in [1.82, 2.24) is 15.3 Å². The fraction of sp³-hybridized carbons (Fsp3) is 0.500. The van der Waals surface area contributed by atoms with Gasteiger partial charge in [-0.25, -0.2) is 4.98 Å². The zero-order valence-corrected chi connectivity index (χ0v) is 9.82. The summed E-state index contributed by atoms with van der Waals surface area (Å²) >= 11 is 0. The van der Waals surface area contributed by atoms with Gasteiger partial charge in [-0.1, -0.05) is 18.6 Å². The van der Waals surface area contributed by atoms with Gasteiger partial charge in [0.15, 0.2) is 0 Å². The molecule has 2 aliphatic rings. The number of aromatic amines is 1. The molecule has 88 valence electrons. The molecule has 17 heavy (non-hydrogen) atoms. The third-order valence-electron chi connectivity index (χ3n) is 4.35. The smallest absolute Gasteiger partial charge is 0.124 e. The summed E-state index contributed by atoms with van der Waals surface area (Å²) in [5.74, 6) is 2.01. The Labute approximate surface area is 101 Å². The standard InChI is InChI=1S/C14H17N3/c1-2-6-12-11(5-1)16-14(17-12)13-8-9-4-3-7-10(9)15-13/h1-2,5-6,9-10,13,15H,3-4,7-8H2,(H,16,17)/t9-,10-,13-/m0/s1. The van der Waals surface area contributed by atoms with Gasteiger partial charge < -0.3 is 10.3 Å². The molecule has 0 unspecified atom stereocenters. The normalized spacial score (nSPS) is 32.1. The van der Waals surface area contributed by atoms with Crippen molar-refractivity contribution in [3.63, 3.8) is 0 Å². The maximum Gasteiger partial charge on any atom is 0.124 e. The molecule has 2 N–H and O–H groups in total. The van der Waals surface area contributed by atoms with E-state index in [0.717, 1.165) is 28.8 Å². The Hall–Kier alpha value is -1.35. The number of benzene rings is 1. The number of hydrogen-bond acceptors (Lipinski definition) is 2. The maximum absolute atomic E-state index is 4.70. The molecule has 0 spiro atoms. The average Bonchev–Trinajstić information content (AvgIpc) is 3.01. The van der Waals surface area contributed by atoms with Crippen LogP contribution < -0.4 is 5.32 Å². The summed E-state index contributed by atoms with van der Waals surface area (Å²) in [4.78, 5) is 8.16. The molecule has 1 saturated heterocycles. The Morgan fingerprint density at radius 3 is 3.00 bits per heavy atom. The second-order valence-electron chi connectivity index (χ2n) is 5.39. The van der Waals surface area contributed by atoms with Gasteiger partial charge in [0.2, 0.25) is 0 Å². The zero-order chi connectivity index (χ0) is 11.2. The Bertz CT molecular complexity index is 500. The molecule has 3 nitrogen and oxygen atoms in total. The lowest BCUT2D eigenvalue weighted by atomic mass is 10.0. The van der Waals surface area contributed by atoms with Crippen LogP contribution in [0.3, 0.4) is 0 Å². The summed E-state index contributed by atoms with van der Waals surface area (Å²) in [6, 6.07) is 9.46. The summed E-state index contributed by atoms with van der Waals surface area (Å²) in [5, 5.41) is 3.74. The molecule has 0 radical (unpaired) electrons. The van der Waals surface area contributed by atoms with Crippen molar-refractivity contribution in [2.24, 2.45) is 5.92 Å². The van der Waals surface area contributed by atoms with Crippen LogP contribution in [0.1, 0.15) is 37.5 Å². The first kappa shape index (κ1) is 9.66. The van der Waals surface area contributed by atoms with Crippen LogP contribution >= 0.6 is 0 Å². The van der Waals surface area contributed by atoms with Crippen molar-refractivity contribution in [2.75, 3.05) is 0 Å². The fourth-order valence-electron chi connectivity index (χ4n) is 3.50. The van der Waals surface area contributed by atoms with E-state index in [1.807, 2.05) is 6.07 Å². The van der Waals surface area contributed by atoms with Crippen molar-refractivity contribution < 1.29 is 0 Å². The SMILES string of the molecule is c1ccc2[nH]c([C@@H]3C[C@@H]4CCC[C@@H]4N3)nc2c1. The molecule has 1 aromatic carbocycles. The lowest BCUT2D eigenvalue weighted by Gasteiger charge is -2.09. The molecule has 1 aliphatic heterocycles. The largest absolute Gasteiger partial charge is 0.341 e. The average molecular weight is 227 g/mol. The number of nitrogens with zero attached hydrogens (tertiary/aromatic N) is 1. The first-order chi connectivity index (χ1) is 8.40. The summed E-state index contributed by atoms with van der Waals surface area (Å²) in [7, 11) is 0. The van der Waals surface area contributed by atoms with Crippen molar-refractivity contribution in [1.29, 1.82) is 0 Å². The van der Waals surface area contributed by atoms with E-state index in [9.17, 15) is 0 Å². The van der Waals surface area contributed by atoms with E-state index in [1.54, 1.807) is 0 Å². The molecule has 2 fully saturated rings. The molecule has 2 heterocycles. The molecule has 0 bridgehead atoms. The van der Waals surface area contributed by atoms with Gasteiger partial charge in [0, 0.05) is 6.04 Å². The molecule has 1 aromatic heterocycles. The van der Waals surface area contributed by atoms with Crippen LogP contribution in [0.15, 0.2) is 24.3 Å². The van der Waals surface area contributed by atoms with Crippen molar-refractivity contribution in [3.05, 3.63) is 30.1 Å². The third kappa shape index (κ3) is 1.49. The van der Waals surface area contributed by atoms with Crippen LogP contribution in [0.4, 0.5) is 0 Å². The third-order valence-corrected chi connectivity index (χ3v) is 4.35. The molecule has 3 atom stereocenters. The number of para-hydroxylation sites is 2. The van der Waals surface area contributed by atoms with E-state index in [2.05, 4.69) is 28.5 Å². The number of imidazole rings is 1. The van der Waals surface area contributed by atoms with Gasteiger partial charge in [0.1, 0.15) is 5.82 Å². The number of hydrogen-bond donors (Lipinski definition) is 2. The first-order valence-electron chi connectivity index (χ1n) is 6.61. The van der Waals surface area contributed by atoms with Crippen LogP contribution in [0, 0.1) is 5.92 Å². The van der Waals surface area contributed by atoms with E-state index < -0.39 is 0 Å². The molecule has 3 heteroatoms. The predicted molar refractivity (Wildman–Crippen MR) is 67.7 cm³/mol. The second-order valence-corrected chi connectivity index (χ2v) is 5.39. The molecule has 0 amide bonds. The summed E-state index contributed by atoms with van der Waals surface area (Å²) in [6.07, 6.45) is 5.40. The minimum absolute atomic E-state index is 0.442. The quantitative estimate of drug-likeness (QED) is 0.786. The Balaban J connectivity index is 1.66. The summed E-state index contributed by atoms with van der Waals surface area (Å²) in [5.41, 5.74) is 2.24. The molecule has 4 rings (SSSR count). The maximum atomic E-state index is 4.70. The first-order valence-corrected chi connectivity index (χ1v) is 6.61. The highest BCUT2D eigenvalue weighted by Gasteiger charge is 2.38. The van der Waals surface area contributed by atoms with Gasteiger partial charge in [0.25, 0.3) is 0 Å². The van der Waals surface area contributed by atoms with Crippen LogP contribution in [-0.2, 0) is 0 Å². The number of H-pyrrole nitrogens is 1. The Morgan fingerprint density at radius 1 is 1.18 bits per heavy atom. The van der Waals surface area contributed by atoms with E-state index in [0.29, 0.717) is 6.04 Å². The molecule has 2 aromatic rings. The summed E-state index contributed by atoms with van der Waals surface area (Å²) < 4.78 is 0. The van der Waals surface area contributed by atoms with Gasteiger partial charge in [-0.2, -0.15) is 0 Å². The minimum Gasteiger partial charge on any atom is -0.341 e. The molecule has 1 aliphatic carbocycles. The highest BCUT2D eigenvalue weighted by atomic mass is 15.1. The van der Waals surface area contributed by atoms with Crippen molar-refractivity contribution in [2.45, 2.75) is 37.8 Å². The van der Waals surface area contributed by atoms with E-state index in [4.69, 9.17) is 4.98 Å². The molecular formula is C14H17N3. The zero-order valence-electron chi connectivity index (χ0n) is 9.82. The van der Waals surface area contributed by atoms with Gasteiger partial charge in [0.05, 0.1) is 17.1 Å². The predicted octanol–water partition coefficient (Wildman–Crippen LogP) is 2.77. The molecule has 1 saturated carbocycles. The van der Waals surface area contributed by atoms with Crippen LogP contribution in [0.25, 0.3) is 11.0 Å². The van der Waals surface area contributed by atoms with Crippen LogP contribution in [0.2, 0.25) is 0 Å². The lowest BCUT2D eigenvalue weighted by Crippen LogP contribution is -2.24. The Morgan fingerprint density at radius 2 is 2.12 bits per heavy atom. The minimum atomic E-state index is 0.442. The van der Waals surface area contributed by atoms with Gasteiger partial charge in [-0.3, -0.25) is 0 Å². The van der Waals surface area contributed by atoms with Gasteiger partial charge in [-0.15, -0.1) is 0 Å². The van der Waals surface area contributed by atoms with E-state index in [1.165, 1.54) is 25.7 Å². The molecular weight excluding hydrogens is 210 g/mol. The van der Waals surface area contributed by atoms with Gasteiger partial charge in [-0.05, 0) is 37.3 Å². The Kier molecular flexibility index (Phi) is 2.03. The van der Waals surface area contributed by atoms with E-state index >= 15 is 0 Å². The summed E-state index contributed by atoms with van der Waals surface area (Å²) in [6.45, 7) is 0. The van der Waals surface area contributed by atoms with E-state index in [-0.39, 0.29) is 0 Å². The van der Waals surface area contributed by atoms with Gasteiger partial charge >= 0.3 is 0 Å². The number of nitrogens with one attached hydrogen (secondary N) is 2. The number of rotatable bonds is 1. The highest BCUT2D eigenvalue weighted by molar-refractivity contribution is 5.74. The monoisotopic (exact) mass is 227 g/mol. The fourth-order valence-corrected chi connectivity index (χ4v) is 3.50. The van der Waals surface area contributed by atoms with Crippen molar-refractivity contribution >= 4 is 11.0 Å². The highest BCUT2D eigenvalue weighted by Crippen LogP contribution is 2.39. The van der Waals surface area contributed by atoms with Crippen molar-refractivity contribution in [3.8, 4) is 0 Å².